The lowest BCUT2D eigenvalue weighted by Gasteiger charge is -2.35. The second-order valence-electron chi connectivity index (χ2n) is 6.88. The van der Waals surface area contributed by atoms with Gasteiger partial charge in [0.05, 0.1) is 6.54 Å². The van der Waals surface area contributed by atoms with Gasteiger partial charge in [0.25, 0.3) is 0 Å². The van der Waals surface area contributed by atoms with Gasteiger partial charge < -0.3 is 20.3 Å². The molecule has 29 heavy (non-hydrogen) atoms. The third-order valence-electron chi connectivity index (χ3n) is 4.86. The van der Waals surface area contributed by atoms with Crippen molar-refractivity contribution in [3.8, 4) is 5.75 Å². The largest absolute Gasteiger partial charge is 0.489 e. The lowest BCUT2D eigenvalue weighted by molar-refractivity contribution is 0.306. The standard InChI is InChI=1S/C22H25N5OS/c23-21(26-10-12-27(13-11-26)22-24-9-14-29-22)25-16-18-5-4-6-19(15-18)17-28-20-7-2-1-3-8-20/h1-9,14-15H,10-13,16-17H2,(H2,23,25). The van der Waals surface area contributed by atoms with Crippen molar-refractivity contribution in [2.75, 3.05) is 31.1 Å². The van der Waals surface area contributed by atoms with Gasteiger partial charge in [0, 0.05) is 37.8 Å². The molecule has 1 aliphatic heterocycles. The minimum atomic E-state index is 0.537. The molecule has 6 nitrogen and oxygen atoms in total. The maximum Gasteiger partial charge on any atom is 0.191 e. The second-order valence-corrected chi connectivity index (χ2v) is 7.76. The summed E-state index contributed by atoms with van der Waals surface area (Å²) >= 11 is 1.67. The summed E-state index contributed by atoms with van der Waals surface area (Å²) in [6.45, 7) is 4.65. The number of ether oxygens (including phenoxy) is 1. The van der Waals surface area contributed by atoms with Gasteiger partial charge in [-0.05, 0) is 23.3 Å². The number of guanidine groups is 1. The Morgan fingerprint density at radius 2 is 1.83 bits per heavy atom. The maximum atomic E-state index is 6.25. The van der Waals surface area contributed by atoms with E-state index in [1.807, 2.05) is 48.0 Å². The first-order chi connectivity index (χ1) is 14.3. The van der Waals surface area contributed by atoms with Crippen molar-refractivity contribution in [2.45, 2.75) is 13.2 Å². The van der Waals surface area contributed by atoms with E-state index in [-0.39, 0.29) is 0 Å². The van der Waals surface area contributed by atoms with Gasteiger partial charge in [-0.15, -0.1) is 11.3 Å². The zero-order valence-corrected chi connectivity index (χ0v) is 17.1. The Bertz CT molecular complexity index is 921. The molecule has 0 radical (unpaired) electrons. The average Bonchev–Trinajstić information content (AvgIpc) is 3.32. The monoisotopic (exact) mass is 407 g/mol. The highest BCUT2D eigenvalue weighted by Crippen LogP contribution is 2.19. The molecule has 0 amide bonds. The van der Waals surface area contributed by atoms with E-state index in [1.54, 1.807) is 11.3 Å². The molecule has 0 spiro atoms. The number of nitrogens with two attached hydrogens (primary N) is 1. The van der Waals surface area contributed by atoms with Crippen LogP contribution in [-0.2, 0) is 13.2 Å². The van der Waals surface area contributed by atoms with E-state index in [4.69, 9.17) is 10.5 Å². The van der Waals surface area contributed by atoms with Crippen molar-refractivity contribution in [2.24, 2.45) is 10.7 Å². The summed E-state index contributed by atoms with van der Waals surface area (Å²) in [7, 11) is 0. The molecule has 1 aliphatic rings. The Morgan fingerprint density at radius 3 is 2.59 bits per heavy atom. The zero-order chi connectivity index (χ0) is 19.9. The molecule has 2 N–H and O–H groups in total. The highest BCUT2D eigenvalue weighted by Gasteiger charge is 2.19. The Morgan fingerprint density at radius 1 is 1.03 bits per heavy atom. The molecular weight excluding hydrogens is 382 g/mol. The first kappa shape index (κ1) is 19.3. The molecule has 2 heterocycles. The smallest absolute Gasteiger partial charge is 0.191 e. The van der Waals surface area contributed by atoms with Gasteiger partial charge in [-0.25, -0.2) is 9.98 Å². The number of hydrogen-bond donors (Lipinski definition) is 1. The number of piperazine rings is 1. The molecule has 0 unspecified atom stereocenters. The summed E-state index contributed by atoms with van der Waals surface area (Å²) in [4.78, 5) is 13.4. The van der Waals surface area contributed by atoms with Crippen LogP contribution in [0.3, 0.4) is 0 Å². The van der Waals surface area contributed by atoms with Crippen LogP contribution in [-0.4, -0.2) is 42.0 Å². The summed E-state index contributed by atoms with van der Waals surface area (Å²) in [6.07, 6.45) is 1.85. The lowest BCUT2D eigenvalue weighted by Crippen LogP contribution is -2.51. The van der Waals surface area contributed by atoms with E-state index in [0.29, 0.717) is 19.1 Å². The van der Waals surface area contributed by atoms with Crippen molar-refractivity contribution in [3.05, 3.63) is 77.3 Å². The molecule has 3 aromatic rings. The molecule has 150 valence electrons. The normalized spacial score (nSPS) is 14.8. The number of hydrogen-bond acceptors (Lipinski definition) is 5. The molecule has 1 fully saturated rings. The predicted molar refractivity (Wildman–Crippen MR) is 118 cm³/mol. The van der Waals surface area contributed by atoms with Gasteiger partial charge in [0.15, 0.2) is 11.1 Å². The Hall–Kier alpha value is -3.06. The van der Waals surface area contributed by atoms with Crippen LogP contribution in [0.2, 0.25) is 0 Å². The minimum Gasteiger partial charge on any atom is -0.489 e. The molecule has 7 heteroatoms. The van der Waals surface area contributed by atoms with Gasteiger partial charge in [-0.1, -0.05) is 42.5 Å². The first-order valence-corrected chi connectivity index (χ1v) is 10.6. The Labute approximate surface area is 175 Å². The highest BCUT2D eigenvalue weighted by atomic mass is 32.1. The fraction of sp³-hybridized carbons (Fsp3) is 0.273. The van der Waals surface area contributed by atoms with Crippen molar-refractivity contribution in [1.29, 1.82) is 0 Å². The number of aliphatic imine (C=N–C) groups is 1. The topological polar surface area (TPSA) is 67.0 Å². The van der Waals surface area contributed by atoms with Gasteiger partial charge in [-0.3, -0.25) is 0 Å². The molecule has 1 aromatic heterocycles. The van der Waals surface area contributed by atoms with Crippen LogP contribution in [0.1, 0.15) is 11.1 Å². The number of thiazole rings is 1. The maximum absolute atomic E-state index is 6.25. The number of rotatable bonds is 6. The first-order valence-electron chi connectivity index (χ1n) is 9.73. The number of anilines is 1. The number of benzene rings is 2. The van der Waals surface area contributed by atoms with Crippen molar-refractivity contribution < 1.29 is 4.74 Å². The van der Waals surface area contributed by atoms with E-state index < -0.39 is 0 Å². The van der Waals surface area contributed by atoms with Crippen LogP contribution >= 0.6 is 11.3 Å². The van der Waals surface area contributed by atoms with E-state index in [2.05, 4.69) is 38.0 Å². The quantitative estimate of drug-likeness (QED) is 0.501. The number of aromatic nitrogens is 1. The summed E-state index contributed by atoms with van der Waals surface area (Å²) in [5.74, 6) is 1.48. The molecular formula is C22H25N5OS. The third-order valence-corrected chi connectivity index (χ3v) is 5.69. The third kappa shape index (κ3) is 5.26. The summed E-state index contributed by atoms with van der Waals surface area (Å²) < 4.78 is 5.83. The Balaban J connectivity index is 1.29. The summed E-state index contributed by atoms with van der Waals surface area (Å²) in [5, 5.41) is 3.09. The molecule has 0 atom stereocenters. The SMILES string of the molecule is NC(=NCc1cccc(COc2ccccc2)c1)N1CCN(c2nccs2)CC1. The van der Waals surface area contributed by atoms with Crippen molar-refractivity contribution >= 4 is 22.4 Å². The molecule has 0 saturated carbocycles. The Kier molecular flexibility index (Phi) is 6.26. The second kappa shape index (κ2) is 9.43. The van der Waals surface area contributed by atoms with Crippen LogP contribution in [0.25, 0.3) is 0 Å². The van der Waals surface area contributed by atoms with Crippen molar-refractivity contribution in [1.82, 2.24) is 9.88 Å². The van der Waals surface area contributed by atoms with Crippen LogP contribution < -0.4 is 15.4 Å². The van der Waals surface area contributed by atoms with Crippen molar-refractivity contribution in [3.63, 3.8) is 0 Å². The number of nitrogens with zero attached hydrogens (tertiary/aromatic N) is 4. The van der Waals surface area contributed by atoms with Crippen LogP contribution in [0.15, 0.2) is 71.2 Å². The number of para-hydroxylation sites is 1. The molecule has 4 rings (SSSR count). The molecule has 0 bridgehead atoms. The van der Waals surface area contributed by atoms with Gasteiger partial charge in [0.2, 0.25) is 0 Å². The highest BCUT2D eigenvalue weighted by molar-refractivity contribution is 7.13. The van der Waals surface area contributed by atoms with E-state index >= 15 is 0 Å². The van der Waals surface area contributed by atoms with E-state index in [9.17, 15) is 0 Å². The van der Waals surface area contributed by atoms with Crippen LogP contribution in [0.4, 0.5) is 5.13 Å². The van der Waals surface area contributed by atoms with Crippen LogP contribution in [0.5, 0.6) is 5.75 Å². The predicted octanol–water partition coefficient (Wildman–Crippen LogP) is 3.36. The van der Waals surface area contributed by atoms with Gasteiger partial charge >= 0.3 is 0 Å². The zero-order valence-electron chi connectivity index (χ0n) is 16.3. The van der Waals surface area contributed by atoms with Crippen LogP contribution in [0, 0.1) is 0 Å². The summed E-state index contributed by atoms with van der Waals surface area (Å²) in [6, 6.07) is 18.2. The average molecular weight is 408 g/mol. The van der Waals surface area contributed by atoms with E-state index in [1.165, 1.54) is 0 Å². The fourth-order valence-corrected chi connectivity index (χ4v) is 3.97. The molecule has 0 aliphatic carbocycles. The van der Waals surface area contributed by atoms with Gasteiger partial charge in [0.1, 0.15) is 12.4 Å². The van der Waals surface area contributed by atoms with Gasteiger partial charge in [-0.2, -0.15) is 0 Å². The fourth-order valence-electron chi connectivity index (χ4n) is 3.27. The molecule has 1 saturated heterocycles. The van der Waals surface area contributed by atoms with E-state index in [0.717, 1.165) is 48.2 Å². The summed E-state index contributed by atoms with van der Waals surface area (Å²) in [5.41, 5.74) is 8.50. The lowest BCUT2D eigenvalue weighted by atomic mass is 10.1. The molecule has 2 aromatic carbocycles. The minimum absolute atomic E-state index is 0.537.